The minimum absolute atomic E-state index is 0.0156. The molecule has 11 nitrogen and oxygen atoms in total. The molecule has 0 spiro atoms. The average molecular weight is 642 g/mol. The zero-order valence-electron chi connectivity index (χ0n) is 25.6. The number of hydrogen-bond donors (Lipinski definition) is 2. The van der Waals surface area contributed by atoms with Crippen molar-refractivity contribution < 1.29 is 33.7 Å². The summed E-state index contributed by atoms with van der Waals surface area (Å²) >= 11 is 6.50. The van der Waals surface area contributed by atoms with Crippen LogP contribution in [0.15, 0.2) is 29.1 Å². The smallest absolute Gasteiger partial charge is 0.407 e. The number of carbonyl (C=O) groups excluding carboxylic acids is 3. The molecule has 3 aromatic rings. The third kappa shape index (κ3) is 5.45. The summed E-state index contributed by atoms with van der Waals surface area (Å²) in [6, 6.07) is 6.68. The predicted molar refractivity (Wildman–Crippen MR) is 167 cm³/mol. The Morgan fingerprint density at radius 3 is 2.59 bits per heavy atom. The predicted octanol–water partition coefficient (Wildman–Crippen LogP) is 3.94. The van der Waals surface area contributed by atoms with Crippen LogP contribution in [-0.4, -0.2) is 58.4 Å². The molecule has 0 unspecified atom stereocenters. The number of nitrogens with zero attached hydrogens (tertiary/aromatic N) is 2. The summed E-state index contributed by atoms with van der Waals surface area (Å²) in [6.07, 6.45) is -0.907. The van der Waals surface area contributed by atoms with E-state index in [2.05, 4.69) is 18.4 Å². The highest BCUT2D eigenvalue weighted by molar-refractivity contribution is 6.95. The summed E-state index contributed by atoms with van der Waals surface area (Å²) in [5.41, 5.74) is 0.536. The zero-order valence-corrected chi connectivity index (χ0v) is 27.4. The van der Waals surface area contributed by atoms with Crippen molar-refractivity contribution >= 4 is 53.8 Å². The number of hydrogen-bond acceptors (Lipinski definition) is 9. The Hall–Kier alpha value is -3.90. The van der Waals surface area contributed by atoms with Crippen molar-refractivity contribution in [2.75, 3.05) is 12.0 Å². The Morgan fingerprint density at radius 2 is 1.93 bits per heavy atom. The van der Waals surface area contributed by atoms with Crippen LogP contribution in [0.4, 0.5) is 4.79 Å². The molecule has 2 aromatic heterocycles. The monoisotopic (exact) mass is 641 g/mol. The lowest BCUT2D eigenvalue weighted by Gasteiger charge is -2.35. The van der Waals surface area contributed by atoms with Crippen LogP contribution >= 0.6 is 11.6 Å². The molecule has 1 aromatic carbocycles. The zero-order chi connectivity index (χ0) is 32.2. The van der Waals surface area contributed by atoms with Crippen molar-refractivity contribution in [3.63, 3.8) is 0 Å². The van der Waals surface area contributed by atoms with Gasteiger partial charge >= 0.3 is 18.0 Å². The number of phenolic OH excluding ortho intramolecular Hbond substituents is 1. The van der Waals surface area contributed by atoms with Gasteiger partial charge in [0, 0.05) is 23.0 Å². The van der Waals surface area contributed by atoms with E-state index in [9.17, 15) is 24.3 Å². The van der Waals surface area contributed by atoms with E-state index in [1.807, 2.05) is 0 Å². The van der Waals surface area contributed by atoms with E-state index in [1.165, 1.54) is 0 Å². The van der Waals surface area contributed by atoms with Crippen molar-refractivity contribution in [1.82, 2.24) is 14.9 Å². The summed E-state index contributed by atoms with van der Waals surface area (Å²) in [7, 11) is -2.28. The van der Waals surface area contributed by atoms with Crippen LogP contribution in [0.2, 0.25) is 13.1 Å². The van der Waals surface area contributed by atoms with Gasteiger partial charge in [-0.25, -0.2) is 14.6 Å². The summed E-state index contributed by atoms with van der Waals surface area (Å²) in [5, 5.41) is 14.6. The second kappa shape index (κ2) is 11.2. The van der Waals surface area contributed by atoms with Crippen molar-refractivity contribution in [3.05, 3.63) is 51.3 Å². The number of benzene rings is 1. The van der Waals surface area contributed by atoms with Gasteiger partial charge < -0.3 is 29.2 Å². The van der Waals surface area contributed by atoms with E-state index >= 15 is 0 Å². The Bertz CT molecular complexity index is 1760. The van der Waals surface area contributed by atoms with E-state index in [-0.39, 0.29) is 55.0 Å². The van der Waals surface area contributed by atoms with Crippen LogP contribution in [0.3, 0.4) is 0 Å². The number of esters is 2. The van der Waals surface area contributed by atoms with E-state index < -0.39 is 37.3 Å². The molecule has 5 rings (SSSR count). The number of phenols is 1. The number of cyclic esters (lactones) is 1. The van der Waals surface area contributed by atoms with Gasteiger partial charge in [-0.05, 0) is 62.2 Å². The largest absolute Gasteiger partial charge is 0.508 e. The summed E-state index contributed by atoms with van der Waals surface area (Å²) < 4.78 is 18.0. The van der Waals surface area contributed by atoms with Gasteiger partial charge in [0.15, 0.2) is 0 Å². The minimum atomic E-state index is -2.28. The fourth-order valence-electron chi connectivity index (χ4n) is 5.89. The van der Waals surface area contributed by atoms with E-state index in [0.29, 0.717) is 22.4 Å². The molecule has 2 aliphatic rings. The summed E-state index contributed by atoms with van der Waals surface area (Å²) in [6.45, 7) is 11.0. The second-order valence-corrected chi connectivity index (χ2v) is 18.1. The van der Waals surface area contributed by atoms with Gasteiger partial charge in [-0.2, -0.15) is 0 Å². The van der Waals surface area contributed by atoms with Crippen LogP contribution in [0, 0.1) is 0 Å². The molecular formula is C31H36ClN3O8Si. The minimum Gasteiger partial charge on any atom is -0.508 e. The highest BCUT2D eigenvalue weighted by atomic mass is 35.5. The fraction of sp³-hybridized carbons (Fsp3) is 0.452. The van der Waals surface area contributed by atoms with Crippen LogP contribution in [0.25, 0.3) is 22.3 Å². The Labute approximate surface area is 260 Å². The van der Waals surface area contributed by atoms with Crippen molar-refractivity contribution in [2.45, 2.75) is 78.0 Å². The lowest BCUT2D eigenvalue weighted by Crippen LogP contribution is -2.48. The SMILES string of the molecule is CC[C@@]1(OC(=O)CCNC(=O)OC(C)(C)C)C(=O)OCc2c1cc1n(c2=O)Cc2c-1nc1ccc(O)cc1c2[Si](C)(C)CCl. The second-order valence-electron chi connectivity index (χ2n) is 12.8. The maximum atomic E-state index is 14.0. The normalized spacial score (nSPS) is 17.4. The fourth-order valence-corrected chi connectivity index (χ4v) is 8.37. The lowest BCUT2D eigenvalue weighted by molar-refractivity contribution is -0.189. The summed E-state index contributed by atoms with van der Waals surface area (Å²) in [5.74, 6) is -1.42. The maximum Gasteiger partial charge on any atom is 0.407 e. The Balaban J connectivity index is 1.57. The topological polar surface area (TPSA) is 146 Å². The molecule has 1 atom stereocenters. The maximum absolute atomic E-state index is 14.0. The average Bonchev–Trinajstić information content (AvgIpc) is 3.30. The number of alkyl carbamates (subject to hydrolysis) is 1. The molecule has 0 fully saturated rings. The molecule has 0 radical (unpaired) electrons. The molecule has 2 N–H and O–H groups in total. The third-order valence-corrected chi connectivity index (χ3v) is 12.5. The van der Waals surface area contributed by atoms with Gasteiger partial charge in [0.1, 0.15) is 18.0 Å². The number of amides is 1. The van der Waals surface area contributed by atoms with E-state index in [0.717, 1.165) is 16.1 Å². The third-order valence-electron chi connectivity index (χ3n) is 7.94. The Morgan fingerprint density at radius 1 is 1.20 bits per heavy atom. The Kier molecular flexibility index (Phi) is 8.04. The highest BCUT2D eigenvalue weighted by Gasteiger charge is 2.50. The van der Waals surface area contributed by atoms with Crippen LogP contribution in [-0.2, 0) is 42.6 Å². The van der Waals surface area contributed by atoms with E-state index in [4.69, 9.17) is 30.8 Å². The standard InChI is InChI=1S/C31H36ClN3O8Si/c1-7-31(42-24(37)10-11-33-29(40)43-30(2,3)4)21-13-23-25-19(14-35(23)27(38)20(21)15-41-28(31)39)26(44(5,6)16-32)18-12-17(36)8-9-22(18)34-25/h8-9,12-13,36H,7,10-11,14-16H2,1-6H3,(H,33,40)/t31-/m0/s1. The first-order valence-electron chi connectivity index (χ1n) is 14.5. The summed E-state index contributed by atoms with van der Waals surface area (Å²) in [4.78, 5) is 57.3. The number of aromatic hydroxyl groups is 1. The number of carbonyl (C=O) groups is 3. The molecule has 44 heavy (non-hydrogen) atoms. The lowest BCUT2D eigenvalue weighted by atomic mass is 9.85. The number of fused-ring (bicyclic) bond motifs is 5. The number of nitrogens with one attached hydrogen (secondary N) is 1. The number of rotatable bonds is 7. The molecule has 4 heterocycles. The first-order chi connectivity index (χ1) is 20.6. The van der Waals surface area contributed by atoms with Crippen molar-refractivity contribution in [1.29, 1.82) is 0 Å². The number of halogens is 1. The molecule has 0 aliphatic carbocycles. The number of alkyl halides is 1. The molecular weight excluding hydrogens is 606 g/mol. The molecule has 1 amide bonds. The van der Waals surface area contributed by atoms with Gasteiger partial charge in [-0.3, -0.25) is 9.59 Å². The number of pyridine rings is 2. The van der Waals surface area contributed by atoms with Gasteiger partial charge in [-0.15, -0.1) is 11.6 Å². The number of aromatic nitrogens is 2. The number of ether oxygens (including phenoxy) is 3. The molecule has 13 heteroatoms. The van der Waals surface area contributed by atoms with Crippen molar-refractivity contribution in [3.8, 4) is 17.1 Å². The molecule has 0 bridgehead atoms. The van der Waals surface area contributed by atoms with Crippen molar-refractivity contribution in [2.24, 2.45) is 0 Å². The van der Waals surface area contributed by atoms with Gasteiger partial charge in [0.25, 0.3) is 5.56 Å². The molecule has 0 saturated carbocycles. The molecule has 2 aliphatic heterocycles. The van der Waals surface area contributed by atoms with Crippen LogP contribution in [0.1, 0.15) is 57.2 Å². The van der Waals surface area contributed by atoms with Crippen LogP contribution in [0.5, 0.6) is 5.75 Å². The van der Waals surface area contributed by atoms with Crippen LogP contribution < -0.4 is 16.1 Å². The highest BCUT2D eigenvalue weighted by Crippen LogP contribution is 2.41. The van der Waals surface area contributed by atoms with Gasteiger partial charge in [0.05, 0.1) is 43.5 Å². The molecule has 0 saturated heterocycles. The molecule has 234 valence electrons. The van der Waals surface area contributed by atoms with E-state index in [1.54, 1.807) is 56.5 Å². The first kappa shape index (κ1) is 31.5. The first-order valence-corrected chi connectivity index (χ1v) is 18.2. The van der Waals surface area contributed by atoms with Gasteiger partial charge in [0.2, 0.25) is 5.60 Å². The quantitative estimate of drug-likeness (QED) is 0.133. The van der Waals surface area contributed by atoms with Gasteiger partial charge in [-0.1, -0.05) is 20.0 Å².